The van der Waals surface area contributed by atoms with E-state index in [4.69, 9.17) is 4.42 Å². The lowest BCUT2D eigenvalue weighted by molar-refractivity contribution is 0.401. The molecule has 1 N–H and O–H groups in total. The van der Waals surface area contributed by atoms with Crippen LogP contribution in [0.4, 0.5) is 0 Å². The van der Waals surface area contributed by atoms with E-state index in [1.165, 1.54) is 0 Å². The molecule has 2 aromatic rings. The molecule has 18 heavy (non-hydrogen) atoms. The van der Waals surface area contributed by atoms with Crippen LogP contribution < -0.4 is 5.32 Å². The van der Waals surface area contributed by atoms with E-state index in [0.717, 1.165) is 31.4 Å². The molecule has 1 aliphatic heterocycles. The van der Waals surface area contributed by atoms with Gasteiger partial charge in [-0.2, -0.15) is 0 Å². The summed E-state index contributed by atoms with van der Waals surface area (Å²) in [5.74, 6) is 1.18. The fourth-order valence-corrected chi connectivity index (χ4v) is 3.57. The topological polar surface area (TPSA) is 55.1 Å². The number of benzene rings is 1. The van der Waals surface area contributed by atoms with Crippen molar-refractivity contribution in [2.75, 3.05) is 18.8 Å². The van der Waals surface area contributed by atoms with E-state index < -0.39 is 10.8 Å². The van der Waals surface area contributed by atoms with Gasteiger partial charge in [-0.3, -0.25) is 0 Å². The van der Waals surface area contributed by atoms with Gasteiger partial charge in [-0.05, 0) is 44.0 Å². The van der Waals surface area contributed by atoms with Gasteiger partial charge in [0.15, 0.2) is 5.58 Å². The number of aromatic nitrogens is 1. The molecule has 0 radical (unpaired) electrons. The summed E-state index contributed by atoms with van der Waals surface area (Å²) in [6.45, 7) is 2.05. The van der Waals surface area contributed by atoms with Gasteiger partial charge in [0.2, 0.25) is 0 Å². The van der Waals surface area contributed by atoms with Gasteiger partial charge in [-0.1, -0.05) is 12.1 Å². The Kier molecular flexibility index (Phi) is 3.43. The van der Waals surface area contributed by atoms with Crippen molar-refractivity contribution in [2.45, 2.75) is 18.1 Å². The van der Waals surface area contributed by atoms with Crippen LogP contribution in [0.1, 0.15) is 12.8 Å². The van der Waals surface area contributed by atoms with Crippen LogP contribution in [0.2, 0.25) is 0 Å². The van der Waals surface area contributed by atoms with Crippen LogP contribution in [0.5, 0.6) is 0 Å². The Morgan fingerprint density at radius 3 is 2.89 bits per heavy atom. The highest BCUT2D eigenvalue weighted by molar-refractivity contribution is 7.84. The number of piperidine rings is 1. The number of nitrogens with one attached hydrogen (secondary N) is 1. The molecule has 5 heteroatoms. The third kappa shape index (κ3) is 2.47. The monoisotopic (exact) mass is 264 g/mol. The molecule has 3 rings (SSSR count). The third-order valence-electron chi connectivity index (χ3n) is 3.31. The fourth-order valence-electron chi connectivity index (χ4n) is 2.28. The number of oxazole rings is 1. The molecule has 0 bridgehead atoms. The summed E-state index contributed by atoms with van der Waals surface area (Å²) in [6.07, 6.45) is 2.18. The Balaban J connectivity index is 1.74. The first-order valence-corrected chi connectivity index (χ1v) is 7.59. The minimum atomic E-state index is -1.12. The van der Waals surface area contributed by atoms with Crippen LogP contribution in [0.25, 0.3) is 11.1 Å². The standard InChI is InChI=1S/C13H16N2O2S/c16-18(9-10-5-7-14-8-6-10)13-15-11-3-1-2-4-12(11)17-13/h1-4,10,14H,5-9H2. The molecule has 1 atom stereocenters. The zero-order chi connectivity index (χ0) is 12.4. The lowest BCUT2D eigenvalue weighted by atomic mass is 10.0. The van der Waals surface area contributed by atoms with E-state index in [0.29, 0.717) is 22.5 Å². The number of nitrogens with zero attached hydrogens (tertiary/aromatic N) is 1. The molecule has 0 saturated carbocycles. The first-order valence-electron chi connectivity index (χ1n) is 6.27. The summed E-state index contributed by atoms with van der Waals surface area (Å²) in [4.78, 5) is 4.30. The van der Waals surface area contributed by atoms with Crippen molar-refractivity contribution in [1.82, 2.24) is 10.3 Å². The summed E-state index contributed by atoms with van der Waals surface area (Å²) in [5.41, 5.74) is 1.50. The van der Waals surface area contributed by atoms with E-state index in [1.807, 2.05) is 24.3 Å². The fraction of sp³-hybridized carbons (Fsp3) is 0.462. The predicted octanol–water partition coefficient (Wildman–Crippen LogP) is 1.93. The maximum atomic E-state index is 12.2. The van der Waals surface area contributed by atoms with Gasteiger partial charge in [0, 0.05) is 5.75 Å². The van der Waals surface area contributed by atoms with Crippen LogP contribution in [0.15, 0.2) is 33.9 Å². The van der Waals surface area contributed by atoms with Crippen LogP contribution in [-0.4, -0.2) is 28.0 Å². The van der Waals surface area contributed by atoms with Crippen LogP contribution in [-0.2, 0) is 10.8 Å². The van der Waals surface area contributed by atoms with Gasteiger partial charge >= 0.3 is 0 Å². The second-order valence-electron chi connectivity index (χ2n) is 4.65. The molecular weight excluding hydrogens is 248 g/mol. The van der Waals surface area contributed by atoms with Gasteiger partial charge in [-0.15, -0.1) is 0 Å². The van der Waals surface area contributed by atoms with Crippen molar-refractivity contribution in [3.63, 3.8) is 0 Å². The second-order valence-corrected chi connectivity index (χ2v) is 6.03. The zero-order valence-electron chi connectivity index (χ0n) is 10.1. The average molecular weight is 264 g/mol. The van der Waals surface area contributed by atoms with E-state index in [1.54, 1.807) is 0 Å². The van der Waals surface area contributed by atoms with Crippen molar-refractivity contribution < 1.29 is 8.63 Å². The number of hydrogen-bond acceptors (Lipinski definition) is 4. The first kappa shape index (κ1) is 11.9. The maximum absolute atomic E-state index is 12.2. The normalized spacial score (nSPS) is 19.1. The molecule has 1 unspecified atom stereocenters. The largest absolute Gasteiger partial charge is 0.430 e. The van der Waals surface area contributed by atoms with Crippen LogP contribution in [0, 0.1) is 5.92 Å². The minimum absolute atomic E-state index is 0.370. The highest BCUT2D eigenvalue weighted by Gasteiger charge is 2.20. The smallest absolute Gasteiger partial charge is 0.287 e. The molecule has 4 nitrogen and oxygen atoms in total. The Morgan fingerprint density at radius 1 is 1.33 bits per heavy atom. The molecule has 1 aromatic carbocycles. The van der Waals surface area contributed by atoms with E-state index >= 15 is 0 Å². The highest BCUT2D eigenvalue weighted by atomic mass is 32.2. The van der Waals surface area contributed by atoms with E-state index in [-0.39, 0.29) is 0 Å². The van der Waals surface area contributed by atoms with E-state index in [9.17, 15) is 4.21 Å². The number of fused-ring (bicyclic) bond motifs is 1. The molecule has 1 fully saturated rings. The van der Waals surface area contributed by atoms with Crippen LogP contribution >= 0.6 is 0 Å². The summed E-state index contributed by atoms with van der Waals surface area (Å²) >= 11 is 0. The third-order valence-corrected chi connectivity index (χ3v) is 4.65. The molecule has 0 amide bonds. The lowest BCUT2D eigenvalue weighted by Crippen LogP contribution is -2.30. The van der Waals surface area contributed by atoms with Gasteiger partial charge in [0.1, 0.15) is 16.3 Å². The van der Waals surface area contributed by atoms with Gasteiger partial charge in [0.05, 0.1) is 0 Å². The minimum Gasteiger partial charge on any atom is -0.430 e. The number of para-hydroxylation sites is 2. The van der Waals surface area contributed by atoms with Crippen molar-refractivity contribution in [2.24, 2.45) is 5.92 Å². The molecule has 0 aliphatic carbocycles. The van der Waals surface area contributed by atoms with Gasteiger partial charge in [-0.25, -0.2) is 9.19 Å². The Morgan fingerprint density at radius 2 is 2.11 bits per heavy atom. The summed E-state index contributed by atoms with van der Waals surface area (Å²) in [6, 6.07) is 7.54. The predicted molar refractivity (Wildman–Crippen MR) is 70.9 cm³/mol. The molecule has 96 valence electrons. The first-order chi connectivity index (χ1) is 8.83. The summed E-state index contributed by atoms with van der Waals surface area (Å²) < 4.78 is 17.8. The average Bonchev–Trinajstić information content (AvgIpc) is 2.84. The van der Waals surface area contributed by atoms with Crippen molar-refractivity contribution in [3.05, 3.63) is 24.3 Å². The molecule has 1 aliphatic rings. The SMILES string of the molecule is O=S(CC1CCNCC1)c1nc2ccccc2o1. The summed E-state index contributed by atoms with van der Waals surface area (Å²) in [7, 11) is -1.12. The van der Waals surface area contributed by atoms with E-state index in [2.05, 4.69) is 10.3 Å². The number of rotatable bonds is 3. The Hall–Kier alpha value is -1.20. The summed E-state index contributed by atoms with van der Waals surface area (Å²) in [5, 5.41) is 3.68. The highest BCUT2D eigenvalue weighted by Crippen LogP contribution is 2.20. The van der Waals surface area contributed by atoms with Gasteiger partial charge in [0.25, 0.3) is 5.22 Å². The van der Waals surface area contributed by atoms with Crippen molar-refractivity contribution in [3.8, 4) is 0 Å². The quantitative estimate of drug-likeness (QED) is 0.920. The molecule has 0 spiro atoms. The number of hydrogen-bond donors (Lipinski definition) is 1. The lowest BCUT2D eigenvalue weighted by Gasteiger charge is -2.21. The zero-order valence-corrected chi connectivity index (χ0v) is 10.9. The molecule has 1 aromatic heterocycles. The van der Waals surface area contributed by atoms with Crippen molar-refractivity contribution in [1.29, 1.82) is 0 Å². The molecule has 1 saturated heterocycles. The Labute approximate surface area is 108 Å². The van der Waals surface area contributed by atoms with Crippen LogP contribution in [0.3, 0.4) is 0 Å². The maximum Gasteiger partial charge on any atom is 0.287 e. The van der Waals surface area contributed by atoms with Crippen molar-refractivity contribution >= 4 is 21.9 Å². The molecular formula is C13H16N2O2S. The Bertz CT molecular complexity index is 528. The second kappa shape index (κ2) is 5.20. The molecule has 2 heterocycles. The van der Waals surface area contributed by atoms with Gasteiger partial charge < -0.3 is 9.73 Å².